The summed E-state index contributed by atoms with van der Waals surface area (Å²) in [6.07, 6.45) is 1.48. The molecule has 2 aromatic rings. The van der Waals surface area contributed by atoms with E-state index in [1.165, 1.54) is 14.0 Å². The van der Waals surface area contributed by atoms with Crippen LogP contribution in [0.5, 0.6) is 0 Å². The van der Waals surface area contributed by atoms with E-state index < -0.39 is 23.2 Å². The van der Waals surface area contributed by atoms with Gasteiger partial charge in [0.1, 0.15) is 6.04 Å². The maximum absolute atomic E-state index is 13.3. The van der Waals surface area contributed by atoms with Gasteiger partial charge in [-0.3, -0.25) is 14.4 Å². The van der Waals surface area contributed by atoms with E-state index >= 15 is 0 Å². The molecule has 3 rings (SSSR count). The lowest BCUT2D eigenvalue weighted by Gasteiger charge is -2.30. The zero-order valence-electron chi connectivity index (χ0n) is 19.7. The van der Waals surface area contributed by atoms with Crippen molar-refractivity contribution in [1.82, 2.24) is 10.2 Å². The minimum absolute atomic E-state index is 0.174. The molecule has 0 spiro atoms. The molecule has 3 atom stereocenters. The molecule has 8 heteroatoms. The second kappa shape index (κ2) is 11.8. The summed E-state index contributed by atoms with van der Waals surface area (Å²) in [7, 11) is 1.31. The topological polar surface area (TPSA) is 92.8 Å². The molecule has 0 saturated carbocycles. The van der Waals surface area contributed by atoms with Crippen molar-refractivity contribution in [1.29, 1.82) is 0 Å². The Hall–Kier alpha value is -3.13. The molecule has 0 radical (unpaired) electrons. The zero-order valence-corrected chi connectivity index (χ0v) is 20.5. The van der Waals surface area contributed by atoms with E-state index in [-0.39, 0.29) is 23.6 Å². The molecule has 7 nitrogen and oxygen atoms in total. The molecule has 2 amide bonds. The van der Waals surface area contributed by atoms with E-state index in [9.17, 15) is 19.2 Å². The number of esters is 1. The van der Waals surface area contributed by atoms with E-state index in [1.807, 2.05) is 61.5 Å². The number of nitrogens with one attached hydrogen (secondary N) is 1. The Morgan fingerprint density at radius 3 is 2.38 bits per heavy atom. The lowest BCUT2D eigenvalue weighted by Crippen LogP contribution is -2.48. The van der Waals surface area contributed by atoms with Crippen molar-refractivity contribution >= 4 is 34.7 Å². The van der Waals surface area contributed by atoms with Gasteiger partial charge >= 0.3 is 5.97 Å². The van der Waals surface area contributed by atoms with Crippen molar-refractivity contribution in [2.75, 3.05) is 13.7 Å². The van der Waals surface area contributed by atoms with Crippen LogP contribution in [0.2, 0.25) is 0 Å². The summed E-state index contributed by atoms with van der Waals surface area (Å²) >= 11 is 0.945. The van der Waals surface area contributed by atoms with Crippen LogP contribution in [0, 0.1) is 6.92 Å². The van der Waals surface area contributed by atoms with Crippen LogP contribution >= 0.6 is 11.8 Å². The first-order valence-electron chi connectivity index (χ1n) is 11.2. The van der Waals surface area contributed by atoms with Gasteiger partial charge in [-0.25, -0.2) is 4.79 Å². The minimum atomic E-state index is -0.703. The third kappa shape index (κ3) is 6.26. The Kier molecular flexibility index (Phi) is 8.87. The molecule has 1 aliphatic heterocycles. The summed E-state index contributed by atoms with van der Waals surface area (Å²) in [6.45, 7) is 3.12. The van der Waals surface area contributed by atoms with Gasteiger partial charge in [-0.15, -0.1) is 0 Å². The van der Waals surface area contributed by atoms with Crippen molar-refractivity contribution in [3.8, 4) is 0 Å². The average Bonchev–Trinajstić information content (AvgIpc) is 3.27. The molecule has 0 aromatic heterocycles. The fourth-order valence-electron chi connectivity index (χ4n) is 4.38. The Morgan fingerprint density at radius 2 is 1.74 bits per heavy atom. The summed E-state index contributed by atoms with van der Waals surface area (Å²) in [5, 5.41) is 1.86. The first-order chi connectivity index (χ1) is 16.3. The zero-order chi connectivity index (χ0) is 24.7. The summed E-state index contributed by atoms with van der Waals surface area (Å²) < 4.78 is 4.94. The number of hydrogen-bond donors (Lipinski definition) is 1. The van der Waals surface area contributed by atoms with Gasteiger partial charge < -0.3 is 15.0 Å². The predicted octanol–water partition coefficient (Wildman–Crippen LogP) is 3.21. The van der Waals surface area contributed by atoms with Crippen LogP contribution in [-0.4, -0.2) is 52.7 Å². The Morgan fingerprint density at radius 1 is 1.06 bits per heavy atom. The SMILES string of the molecule is COC(=O)C1CCC(c2ccccc2C)N1C(=O)CNC(=O)C(Cc1ccccc1)SC(C)=O. The molecule has 180 valence electrons. The molecular formula is C26H30N2O5S. The van der Waals surface area contributed by atoms with Crippen LogP contribution in [0.15, 0.2) is 54.6 Å². The highest BCUT2D eigenvalue weighted by Crippen LogP contribution is 2.38. The van der Waals surface area contributed by atoms with Crippen molar-refractivity contribution in [2.24, 2.45) is 0 Å². The number of carbonyl (C=O) groups excluding carboxylic acids is 4. The van der Waals surface area contributed by atoms with Crippen LogP contribution in [-0.2, 0) is 30.3 Å². The second-order valence-electron chi connectivity index (χ2n) is 8.30. The quantitative estimate of drug-likeness (QED) is 0.581. The Bertz CT molecular complexity index is 1040. The molecule has 1 saturated heterocycles. The maximum Gasteiger partial charge on any atom is 0.328 e. The van der Waals surface area contributed by atoms with Crippen LogP contribution in [0.25, 0.3) is 0 Å². The van der Waals surface area contributed by atoms with Gasteiger partial charge in [-0.1, -0.05) is 66.4 Å². The highest BCUT2D eigenvalue weighted by Gasteiger charge is 2.42. The molecule has 0 bridgehead atoms. The predicted molar refractivity (Wildman–Crippen MR) is 131 cm³/mol. The fraction of sp³-hybridized carbons (Fsp3) is 0.385. The standard InChI is InChI=1S/C26H30N2O5S/c1-17-9-7-8-12-20(17)21-13-14-22(26(32)33-3)28(21)24(30)16-27-25(31)23(34-18(2)29)15-19-10-5-4-6-11-19/h4-12,21-23H,13-16H2,1-3H3,(H,27,31). The number of thioether (sulfide) groups is 1. The summed E-state index contributed by atoms with van der Waals surface area (Å²) in [4.78, 5) is 51.9. The maximum atomic E-state index is 13.3. The number of carbonyl (C=O) groups is 4. The monoisotopic (exact) mass is 482 g/mol. The summed E-state index contributed by atoms with van der Waals surface area (Å²) in [5.74, 6) is -1.22. The molecule has 1 N–H and O–H groups in total. The molecule has 1 aliphatic rings. The van der Waals surface area contributed by atoms with E-state index in [0.29, 0.717) is 19.3 Å². The molecule has 3 unspecified atom stereocenters. The first-order valence-corrected chi connectivity index (χ1v) is 12.1. The van der Waals surface area contributed by atoms with Crippen LogP contribution in [0.4, 0.5) is 0 Å². The average molecular weight is 483 g/mol. The summed E-state index contributed by atoms with van der Waals surface area (Å²) in [6, 6.07) is 16.2. The van der Waals surface area contributed by atoms with Gasteiger partial charge in [0.15, 0.2) is 5.12 Å². The third-order valence-corrected chi connectivity index (χ3v) is 6.97. The summed E-state index contributed by atoms with van der Waals surface area (Å²) in [5.41, 5.74) is 2.93. The second-order valence-corrected chi connectivity index (χ2v) is 9.67. The van der Waals surface area contributed by atoms with Crippen LogP contribution in [0.3, 0.4) is 0 Å². The van der Waals surface area contributed by atoms with Gasteiger partial charge in [-0.2, -0.15) is 0 Å². The van der Waals surface area contributed by atoms with E-state index in [0.717, 1.165) is 28.5 Å². The van der Waals surface area contributed by atoms with Crippen molar-refractivity contribution in [3.63, 3.8) is 0 Å². The number of amides is 2. The lowest BCUT2D eigenvalue weighted by atomic mass is 9.99. The van der Waals surface area contributed by atoms with Gasteiger partial charge in [0.05, 0.1) is 24.9 Å². The van der Waals surface area contributed by atoms with Crippen molar-refractivity contribution in [2.45, 2.75) is 50.4 Å². The van der Waals surface area contributed by atoms with Gasteiger partial charge in [-0.05, 0) is 42.9 Å². The molecular weight excluding hydrogens is 452 g/mol. The van der Waals surface area contributed by atoms with Crippen molar-refractivity contribution < 1.29 is 23.9 Å². The molecule has 2 aromatic carbocycles. The Balaban J connectivity index is 1.74. The fourth-order valence-corrected chi connectivity index (χ4v) is 5.24. The number of rotatable bonds is 8. The third-order valence-electron chi connectivity index (χ3n) is 5.97. The number of aryl methyl sites for hydroxylation is 1. The van der Waals surface area contributed by atoms with Crippen LogP contribution in [0.1, 0.15) is 42.5 Å². The van der Waals surface area contributed by atoms with Gasteiger partial charge in [0.2, 0.25) is 11.8 Å². The number of nitrogens with zero attached hydrogens (tertiary/aromatic N) is 1. The first kappa shape index (κ1) is 25.5. The number of benzene rings is 2. The number of ether oxygens (including phenoxy) is 1. The van der Waals surface area contributed by atoms with Crippen LogP contribution < -0.4 is 5.32 Å². The molecule has 1 heterocycles. The van der Waals surface area contributed by atoms with Gasteiger partial charge in [0.25, 0.3) is 0 Å². The smallest absolute Gasteiger partial charge is 0.328 e. The highest BCUT2D eigenvalue weighted by atomic mass is 32.2. The molecule has 1 fully saturated rings. The number of hydrogen-bond acceptors (Lipinski definition) is 6. The van der Waals surface area contributed by atoms with Crippen molar-refractivity contribution in [3.05, 3.63) is 71.3 Å². The largest absolute Gasteiger partial charge is 0.467 e. The normalized spacial score (nSPS) is 18.3. The Labute approximate surface area is 204 Å². The lowest BCUT2D eigenvalue weighted by molar-refractivity contribution is -0.152. The van der Waals surface area contributed by atoms with E-state index in [4.69, 9.17) is 4.74 Å². The minimum Gasteiger partial charge on any atom is -0.467 e. The molecule has 0 aliphatic carbocycles. The van der Waals surface area contributed by atoms with E-state index in [2.05, 4.69) is 5.32 Å². The molecule has 34 heavy (non-hydrogen) atoms. The number of methoxy groups -OCH3 is 1. The highest BCUT2D eigenvalue weighted by molar-refractivity contribution is 8.14. The van der Waals surface area contributed by atoms with Gasteiger partial charge in [0, 0.05) is 6.92 Å². The van der Waals surface area contributed by atoms with E-state index in [1.54, 1.807) is 4.90 Å². The number of likely N-dealkylation sites (tertiary alicyclic amines) is 1.